The van der Waals surface area contributed by atoms with E-state index in [1.807, 2.05) is 38.1 Å². The van der Waals surface area contributed by atoms with Gasteiger partial charge in [0.2, 0.25) is 0 Å². The van der Waals surface area contributed by atoms with Gasteiger partial charge in [-0.25, -0.2) is 0 Å². The Morgan fingerprint density at radius 3 is 2.05 bits per heavy atom. The van der Waals surface area contributed by atoms with Gasteiger partial charge in [0.1, 0.15) is 11.6 Å². The number of fused-ring (bicyclic) bond motifs is 1. The third-order valence-electron chi connectivity index (χ3n) is 8.34. The van der Waals surface area contributed by atoms with Crippen LogP contribution in [0.2, 0.25) is 0 Å². The number of hydrogen-bond acceptors (Lipinski definition) is 4. The summed E-state index contributed by atoms with van der Waals surface area (Å²) in [7, 11) is 0. The number of rotatable bonds is 12. The van der Waals surface area contributed by atoms with Crippen LogP contribution in [0.1, 0.15) is 144 Å². The molecule has 0 radical (unpaired) electrons. The van der Waals surface area contributed by atoms with Gasteiger partial charge in [-0.1, -0.05) is 91.1 Å². The number of carbonyl (C=O) groups excluding carboxylic acids is 4. The van der Waals surface area contributed by atoms with E-state index < -0.39 is 0 Å². The topological polar surface area (TPSA) is 68.3 Å². The fraction of sp³-hybridized carbons (Fsp3) is 0.568. The molecular formula is C37H52O4. The first-order valence-electron chi connectivity index (χ1n) is 15.7. The van der Waals surface area contributed by atoms with Crippen molar-refractivity contribution in [1.29, 1.82) is 0 Å². The van der Waals surface area contributed by atoms with Gasteiger partial charge in [0.15, 0.2) is 11.6 Å². The van der Waals surface area contributed by atoms with E-state index in [4.69, 9.17) is 0 Å². The van der Waals surface area contributed by atoms with Crippen LogP contribution in [0.5, 0.6) is 0 Å². The van der Waals surface area contributed by atoms with Crippen molar-refractivity contribution in [3.05, 3.63) is 58.1 Å². The Labute approximate surface area is 248 Å². The SMILES string of the molecule is CCC.CCCC(CC1CC(=O)c2c(C)c(-c3ccc(C(C)=O)cc3)cc(C(C)C)c2C1)C(CC)C(=O)CC(C)=O. The number of hydrogen-bond donors (Lipinski definition) is 0. The highest BCUT2D eigenvalue weighted by atomic mass is 16.1. The zero-order chi connectivity index (χ0) is 30.9. The van der Waals surface area contributed by atoms with Gasteiger partial charge in [0, 0.05) is 23.5 Å². The Hall–Kier alpha value is -2.88. The van der Waals surface area contributed by atoms with Gasteiger partial charge in [-0.15, -0.1) is 0 Å². The van der Waals surface area contributed by atoms with E-state index in [0.717, 1.165) is 54.4 Å². The van der Waals surface area contributed by atoms with Gasteiger partial charge in [0.25, 0.3) is 0 Å². The van der Waals surface area contributed by atoms with Crippen LogP contribution in [0.25, 0.3) is 11.1 Å². The highest BCUT2D eigenvalue weighted by Gasteiger charge is 2.34. The van der Waals surface area contributed by atoms with Crippen molar-refractivity contribution >= 4 is 23.1 Å². The minimum absolute atomic E-state index is 0.0119. The molecule has 3 unspecified atom stereocenters. The lowest BCUT2D eigenvalue weighted by atomic mass is 9.70. The first-order chi connectivity index (χ1) is 19.4. The Morgan fingerprint density at radius 1 is 0.951 bits per heavy atom. The van der Waals surface area contributed by atoms with E-state index in [1.165, 1.54) is 24.5 Å². The van der Waals surface area contributed by atoms with E-state index in [1.54, 1.807) is 6.92 Å². The van der Waals surface area contributed by atoms with Crippen LogP contribution < -0.4 is 0 Å². The molecule has 3 atom stereocenters. The molecule has 4 heteroatoms. The zero-order valence-corrected chi connectivity index (χ0v) is 27.0. The Kier molecular flexibility index (Phi) is 13.3. The summed E-state index contributed by atoms with van der Waals surface area (Å²) in [5.41, 5.74) is 7.01. The van der Waals surface area contributed by atoms with E-state index in [2.05, 4.69) is 40.7 Å². The number of ketones is 4. The molecule has 0 spiro atoms. The largest absolute Gasteiger partial charge is 0.300 e. The molecule has 0 saturated heterocycles. The summed E-state index contributed by atoms with van der Waals surface area (Å²) in [6.07, 6.45) is 6.09. The highest BCUT2D eigenvalue weighted by molar-refractivity contribution is 6.02. The second-order valence-electron chi connectivity index (χ2n) is 12.3. The average molecular weight is 561 g/mol. The fourth-order valence-corrected chi connectivity index (χ4v) is 6.53. The lowest BCUT2D eigenvalue weighted by Gasteiger charge is -2.33. The van der Waals surface area contributed by atoms with Gasteiger partial charge in [-0.2, -0.15) is 0 Å². The summed E-state index contributed by atoms with van der Waals surface area (Å²) in [5.74, 6) is 0.741. The molecule has 1 aliphatic carbocycles. The third-order valence-corrected chi connectivity index (χ3v) is 8.34. The lowest BCUT2D eigenvalue weighted by Crippen LogP contribution is -2.30. The predicted octanol–water partition coefficient (Wildman–Crippen LogP) is 9.53. The molecule has 2 aromatic carbocycles. The van der Waals surface area contributed by atoms with Crippen LogP contribution in [-0.2, 0) is 16.0 Å². The van der Waals surface area contributed by atoms with E-state index in [0.29, 0.717) is 12.0 Å². The normalized spacial score (nSPS) is 16.0. The fourth-order valence-electron chi connectivity index (χ4n) is 6.53. The molecule has 1 aliphatic rings. The van der Waals surface area contributed by atoms with Crippen LogP contribution in [0, 0.1) is 24.7 Å². The molecule has 0 aromatic heterocycles. The standard InChI is InChI=1S/C34H44O4.C3H8/c1-8-10-27(28(9-2)32(37)15-21(5)35)16-24-17-31-29(20(3)4)19-30(22(6)34(31)33(38)18-24)26-13-11-25(12-14-26)23(7)36;1-3-2/h11-14,19-20,24,27-28H,8-10,15-18H2,1-7H3;3H2,1-2H3. The van der Waals surface area contributed by atoms with Crippen molar-refractivity contribution in [2.45, 2.75) is 120 Å². The molecule has 0 aliphatic heterocycles. The summed E-state index contributed by atoms with van der Waals surface area (Å²) >= 11 is 0. The molecular weight excluding hydrogens is 508 g/mol. The molecule has 4 nitrogen and oxygen atoms in total. The second-order valence-corrected chi connectivity index (χ2v) is 12.3. The third kappa shape index (κ3) is 8.80. The van der Waals surface area contributed by atoms with Gasteiger partial charge < -0.3 is 0 Å². The van der Waals surface area contributed by atoms with E-state index in [-0.39, 0.29) is 53.2 Å². The van der Waals surface area contributed by atoms with Crippen LogP contribution in [-0.4, -0.2) is 23.1 Å². The summed E-state index contributed by atoms with van der Waals surface area (Å²) in [5, 5.41) is 0. The zero-order valence-electron chi connectivity index (χ0n) is 27.0. The molecule has 224 valence electrons. The average Bonchev–Trinajstić information content (AvgIpc) is 2.89. The maximum atomic E-state index is 13.7. The van der Waals surface area contributed by atoms with Crippen molar-refractivity contribution in [3.8, 4) is 11.1 Å². The Bertz CT molecular complexity index is 1220. The molecule has 41 heavy (non-hydrogen) atoms. The minimum atomic E-state index is -0.123. The van der Waals surface area contributed by atoms with Gasteiger partial charge in [-0.3, -0.25) is 19.2 Å². The summed E-state index contributed by atoms with van der Waals surface area (Å²) < 4.78 is 0. The summed E-state index contributed by atoms with van der Waals surface area (Å²) in [4.78, 5) is 50.0. The molecule has 2 aromatic rings. The monoisotopic (exact) mass is 560 g/mol. The van der Waals surface area contributed by atoms with Gasteiger partial charge >= 0.3 is 0 Å². The molecule has 0 bridgehead atoms. The minimum Gasteiger partial charge on any atom is -0.300 e. The maximum Gasteiger partial charge on any atom is 0.163 e. The number of Topliss-reactive ketones (excluding diaryl/α,β-unsaturated/α-hetero) is 4. The Balaban J connectivity index is 0.00000187. The maximum absolute atomic E-state index is 13.7. The lowest BCUT2D eigenvalue weighted by molar-refractivity contribution is -0.129. The Morgan fingerprint density at radius 2 is 1.56 bits per heavy atom. The summed E-state index contributed by atoms with van der Waals surface area (Å²) in [6, 6.07) is 9.91. The van der Waals surface area contributed by atoms with Crippen molar-refractivity contribution in [3.63, 3.8) is 0 Å². The molecule has 0 N–H and O–H groups in total. The first-order valence-corrected chi connectivity index (χ1v) is 15.7. The molecule has 0 heterocycles. The highest BCUT2D eigenvalue weighted by Crippen LogP contribution is 2.42. The van der Waals surface area contributed by atoms with Crippen LogP contribution in [0.3, 0.4) is 0 Å². The first kappa shape index (κ1) is 34.3. The molecule has 0 saturated carbocycles. The van der Waals surface area contributed by atoms with Crippen molar-refractivity contribution in [1.82, 2.24) is 0 Å². The van der Waals surface area contributed by atoms with Gasteiger partial charge in [0.05, 0.1) is 6.42 Å². The number of benzene rings is 2. The van der Waals surface area contributed by atoms with E-state index >= 15 is 0 Å². The van der Waals surface area contributed by atoms with Crippen LogP contribution >= 0.6 is 0 Å². The quantitative estimate of drug-likeness (QED) is 0.191. The molecule has 3 rings (SSSR count). The van der Waals surface area contributed by atoms with Crippen LogP contribution in [0.4, 0.5) is 0 Å². The second kappa shape index (κ2) is 15.9. The summed E-state index contributed by atoms with van der Waals surface area (Å²) in [6.45, 7) is 17.9. The van der Waals surface area contributed by atoms with E-state index in [9.17, 15) is 19.2 Å². The molecule has 0 amide bonds. The van der Waals surface area contributed by atoms with Crippen molar-refractivity contribution in [2.75, 3.05) is 0 Å². The number of carbonyl (C=O) groups is 4. The molecule has 0 fully saturated rings. The van der Waals surface area contributed by atoms with Crippen LogP contribution in [0.15, 0.2) is 30.3 Å². The van der Waals surface area contributed by atoms with Crippen molar-refractivity contribution in [2.24, 2.45) is 17.8 Å². The van der Waals surface area contributed by atoms with Gasteiger partial charge in [-0.05, 0) is 85.6 Å². The predicted molar refractivity (Wildman–Crippen MR) is 170 cm³/mol. The smallest absolute Gasteiger partial charge is 0.163 e. The van der Waals surface area contributed by atoms with Crippen molar-refractivity contribution < 1.29 is 19.2 Å².